The van der Waals surface area contributed by atoms with E-state index in [2.05, 4.69) is 36.2 Å². The van der Waals surface area contributed by atoms with E-state index in [1.54, 1.807) is 51.1 Å². The molecule has 5 amide bonds. The van der Waals surface area contributed by atoms with E-state index in [9.17, 15) is 48.3 Å². The number of aliphatic carboxylic acids is 1. The Kier molecular flexibility index (Phi) is 26.2. The summed E-state index contributed by atoms with van der Waals surface area (Å²) in [6.45, 7) is 5.56. The smallest absolute Gasteiger partial charge is 0.304 e. The summed E-state index contributed by atoms with van der Waals surface area (Å²) in [6, 6.07) is 2.06. The maximum absolute atomic E-state index is 14.4. The zero-order chi connectivity index (χ0) is 52.4. The van der Waals surface area contributed by atoms with Gasteiger partial charge in [0.15, 0.2) is 17.5 Å². The van der Waals surface area contributed by atoms with Crippen molar-refractivity contribution in [2.45, 2.75) is 141 Å². The number of guanidine groups is 1. The number of aromatic amines is 1. The molecule has 2 aromatic rings. The minimum atomic E-state index is -1.68. The molecule has 70 heavy (non-hydrogen) atoms. The third-order valence-electron chi connectivity index (χ3n) is 11.4. The fraction of sp³-hybridized carbons (Fsp3) is 0.596. The van der Waals surface area contributed by atoms with Gasteiger partial charge in [-0.25, -0.2) is 4.98 Å². The molecular formula is C47H75N13O10. The molecule has 23 nitrogen and oxygen atoms in total. The second-order valence-corrected chi connectivity index (χ2v) is 18.5. The van der Waals surface area contributed by atoms with Gasteiger partial charge >= 0.3 is 5.97 Å². The van der Waals surface area contributed by atoms with Crippen molar-refractivity contribution in [2.24, 2.45) is 56.6 Å². The van der Waals surface area contributed by atoms with Crippen molar-refractivity contribution in [3.63, 3.8) is 0 Å². The van der Waals surface area contributed by atoms with Crippen LogP contribution in [0.5, 0.6) is 0 Å². The first-order valence-electron chi connectivity index (χ1n) is 23.6. The van der Waals surface area contributed by atoms with Crippen LogP contribution in [0.1, 0.15) is 109 Å². The highest BCUT2D eigenvalue weighted by molar-refractivity contribution is 5.99. The molecule has 0 saturated carbocycles. The van der Waals surface area contributed by atoms with E-state index in [1.165, 1.54) is 12.5 Å². The van der Waals surface area contributed by atoms with Gasteiger partial charge in [0.1, 0.15) is 17.9 Å². The van der Waals surface area contributed by atoms with Crippen LogP contribution < -0.4 is 55.7 Å². The van der Waals surface area contributed by atoms with Crippen molar-refractivity contribution < 1.29 is 48.3 Å². The predicted molar refractivity (Wildman–Crippen MR) is 261 cm³/mol. The van der Waals surface area contributed by atoms with Gasteiger partial charge in [0, 0.05) is 61.4 Å². The second-order valence-electron chi connectivity index (χ2n) is 18.5. The zero-order valence-corrected chi connectivity index (χ0v) is 40.6. The van der Waals surface area contributed by atoms with Crippen LogP contribution >= 0.6 is 0 Å². The number of H-pyrrole nitrogens is 1. The Balaban J connectivity index is 2.51. The van der Waals surface area contributed by atoms with Crippen LogP contribution in [0.3, 0.4) is 0 Å². The molecule has 1 heterocycles. The van der Waals surface area contributed by atoms with Crippen molar-refractivity contribution in [1.29, 1.82) is 0 Å². The van der Waals surface area contributed by atoms with E-state index in [4.69, 9.17) is 34.4 Å². The fourth-order valence-corrected chi connectivity index (χ4v) is 7.61. The monoisotopic (exact) mass is 982 g/mol. The lowest BCUT2D eigenvalue weighted by molar-refractivity contribution is -0.143. The van der Waals surface area contributed by atoms with Crippen molar-refractivity contribution in [3.8, 4) is 0 Å². The van der Waals surface area contributed by atoms with Crippen LogP contribution in [0.2, 0.25) is 0 Å². The number of nitrogens with two attached hydrogens (primary N) is 6. The average molecular weight is 982 g/mol. The Hall–Kier alpha value is -6.59. The van der Waals surface area contributed by atoms with Crippen LogP contribution in [0, 0.1) is 17.3 Å². The highest BCUT2D eigenvalue weighted by Gasteiger charge is 2.37. The summed E-state index contributed by atoms with van der Waals surface area (Å²) in [5, 5.41) is 20.1. The van der Waals surface area contributed by atoms with E-state index in [1.807, 2.05) is 0 Å². The van der Waals surface area contributed by atoms with Gasteiger partial charge in [0.05, 0.1) is 37.3 Å². The number of hydrogen-bond acceptors (Lipinski definition) is 14. The number of primary amides is 1. The van der Waals surface area contributed by atoms with Gasteiger partial charge < -0.3 is 65.8 Å². The number of benzene rings is 1. The van der Waals surface area contributed by atoms with E-state index in [0.29, 0.717) is 49.9 Å². The van der Waals surface area contributed by atoms with Crippen LogP contribution in [0.4, 0.5) is 0 Å². The molecule has 0 spiro atoms. The number of amides is 5. The Bertz CT molecular complexity index is 2060. The van der Waals surface area contributed by atoms with Gasteiger partial charge in [0.2, 0.25) is 29.5 Å². The van der Waals surface area contributed by atoms with Crippen LogP contribution in [-0.2, 0) is 56.0 Å². The Labute approximate surface area is 408 Å². The maximum atomic E-state index is 14.4. The molecule has 0 radical (unpaired) electrons. The molecule has 0 saturated heterocycles. The summed E-state index contributed by atoms with van der Waals surface area (Å²) < 4.78 is 0. The SMILES string of the molecule is CC(C)(C)C(=O)[C@H](CC(=O)O)CC(=O)[C@H](CCCCN)NC(=O)[C@H](CC(N)=O)NC(=O)[C@H](Cc1ccccc1)NC(=O)[C@H](CCCN=C(N)N)CC(=O)[C@H](Cc1cnc[nH]1)NC(=O)[C@@H](N)CCCCN. The predicted octanol–water partition coefficient (Wildman–Crippen LogP) is -1.11. The molecule has 0 unspecified atom stereocenters. The molecule has 0 aliphatic rings. The number of carbonyl (C=O) groups excluding carboxylic acids is 8. The summed E-state index contributed by atoms with van der Waals surface area (Å²) in [6.07, 6.45) is 3.09. The fourth-order valence-electron chi connectivity index (χ4n) is 7.61. The number of hydrogen-bond donors (Lipinski definition) is 12. The number of nitrogens with one attached hydrogen (secondary N) is 5. The summed E-state index contributed by atoms with van der Waals surface area (Å²) in [5.74, 6) is -9.71. The standard InChI is InChI=1S/C47H75N13O10/c1-47(2,3)41(66)30(23-40(64)65)22-37(61)33(16-8-10-18-49)57-45(70)36(25-39(51)63)60-44(69)35(20-28-12-5-4-6-13-28)59-42(67)29(14-11-19-55-46(52)53)21-38(62)34(24-31-26-54-27-56-31)58-43(68)32(50)15-7-9-17-48/h4-6,12-13,26-27,29-30,32-36H,7-11,14-25,48-50H2,1-3H3,(H2,51,63)(H,54,56)(H,57,70)(H,58,68)(H,59,67)(H,60,69)(H,64,65)(H4,52,53,55)/t29-,30+,32+,33+,34+,35+,36+/m1/s1. The molecule has 0 aliphatic heterocycles. The molecular weight excluding hydrogens is 907 g/mol. The quantitative estimate of drug-likeness (QED) is 0.0221. The lowest BCUT2D eigenvalue weighted by Crippen LogP contribution is -2.57. The summed E-state index contributed by atoms with van der Waals surface area (Å²) in [5.41, 5.74) is 34.2. The first-order valence-corrected chi connectivity index (χ1v) is 23.6. The van der Waals surface area contributed by atoms with Crippen LogP contribution in [-0.4, -0.2) is 124 Å². The van der Waals surface area contributed by atoms with Gasteiger partial charge in [-0.3, -0.25) is 48.1 Å². The van der Waals surface area contributed by atoms with Gasteiger partial charge in [-0.15, -0.1) is 0 Å². The van der Waals surface area contributed by atoms with Gasteiger partial charge in [0.25, 0.3) is 0 Å². The highest BCUT2D eigenvalue weighted by Crippen LogP contribution is 2.26. The van der Waals surface area contributed by atoms with Gasteiger partial charge in [-0.05, 0) is 63.6 Å². The number of Topliss-reactive ketones (excluding diaryl/α,β-unsaturated/α-hetero) is 3. The van der Waals surface area contributed by atoms with E-state index in [-0.39, 0.29) is 51.2 Å². The second kappa shape index (κ2) is 30.8. The average Bonchev–Trinajstić information content (AvgIpc) is 3.81. The number of imidazole rings is 1. The number of aromatic nitrogens is 2. The zero-order valence-electron chi connectivity index (χ0n) is 40.6. The summed E-state index contributed by atoms with van der Waals surface area (Å²) >= 11 is 0. The number of carboxylic acid groups (broad SMARTS) is 1. The number of carboxylic acids is 1. The molecule has 18 N–H and O–H groups in total. The number of ketones is 3. The lowest BCUT2D eigenvalue weighted by Gasteiger charge is -2.27. The molecule has 1 aromatic heterocycles. The van der Waals surface area contributed by atoms with Crippen molar-refractivity contribution in [3.05, 3.63) is 54.1 Å². The third-order valence-corrected chi connectivity index (χ3v) is 11.4. The highest BCUT2D eigenvalue weighted by atomic mass is 16.4. The van der Waals surface area contributed by atoms with Crippen molar-refractivity contribution in [1.82, 2.24) is 31.2 Å². The maximum Gasteiger partial charge on any atom is 0.304 e. The molecule has 388 valence electrons. The first kappa shape index (κ1) is 59.5. The van der Waals surface area contributed by atoms with E-state index < -0.39 is 126 Å². The normalized spacial score (nSPS) is 14.3. The number of aliphatic imine (C=N–C) groups is 1. The summed E-state index contributed by atoms with van der Waals surface area (Å²) in [7, 11) is 0. The number of nitrogens with zero attached hydrogens (tertiary/aromatic N) is 2. The van der Waals surface area contributed by atoms with Crippen LogP contribution in [0.25, 0.3) is 0 Å². The van der Waals surface area contributed by atoms with Crippen LogP contribution in [0.15, 0.2) is 47.8 Å². The minimum Gasteiger partial charge on any atom is -0.481 e. The molecule has 0 fully saturated rings. The van der Waals surface area contributed by atoms with E-state index >= 15 is 0 Å². The van der Waals surface area contributed by atoms with E-state index in [0.717, 1.165) is 0 Å². The molecule has 0 aliphatic carbocycles. The topological polar surface area (TPSA) is 419 Å². The molecule has 2 rings (SSSR count). The third kappa shape index (κ3) is 22.7. The van der Waals surface area contributed by atoms with Gasteiger partial charge in [-0.2, -0.15) is 0 Å². The largest absolute Gasteiger partial charge is 0.481 e. The molecule has 1 aromatic carbocycles. The summed E-state index contributed by atoms with van der Waals surface area (Å²) in [4.78, 5) is 132. The lowest BCUT2D eigenvalue weighted by atomic mass is 9.78. The molecule has 0 bridgehead atoms. The Morgan fingerprint density at radius 2 is 1.23 bits per heavy atom. The van der Waals surface area contributed by atoms with Gasteiger partial charge in [-0.1, -0.05) is 57.5 Å². The van der Waals surface area contributed by atoms with Crippen molar-refractivity contribution in [2.75, 3.05) is 19.6 Å². The number of rotatable bonds is 35. The minimum absolute atomic E-state index is 0.0117. The number of unbranched alkanes of at least 4 members (excludes halogenated alkanes) is 2. The first-order chi connectivity index (χ1) is 33.1. The Morgan fingerprint density at radius 1 is 0.657 bits per heavy atom. The molecule has 23 heteroatoms. The molecule has 7 atom stereocenters. The number of carbonyl (C=O) groups is 9. The van der Waals surface area contributed by atoms with Crippen molar-refractivity contribution >= 4 is 58.8 Å². The Morgan fingerprint density at radius 3 is 1.80 bits per heavy atom.